The van der Waals surface area contributed by atoms with E-state index in [2.05, 4.69) is 26.2 Å². The Bertz CT molecular complexity index is 592. The molecule has 1 aromatic carbocycles. The van der Waals surface area contributed by atoms with Crippen LogP contribution < -0.4 is 0 Å². The first-order valence-electron chi connectivity index (χ1n) is 4.75. The molecular formula is C10H6BrF2N3O2. The number of aliphatic carboxylic acids is 1. The third-order valence-corrected chi connectivity index (χ3v) is 2.75. The Kier molecular flexibility index (Phi) is 3.37. The number of carboxylic acids is 1. The van der Waals surface area contributed by atoms with Crippen LogP contribution in [0.25, 0.3) is 5.69 Å². The van der Waals surface area contributed by atoms with Gasteiger partial charge in [0.2, 0.25) is 0 Å². The van der Waals surface area contributed by atoms with Crippen molar-refractivity contribution >= 4 is 21.9 Å². The van der Waals surface area contributed by atoms with Gasteiger partial charge >= 0.3 is 5.97 Å². The van der Waals surface area contributed by atoms with E-state index in [4.69, 9.17) is 5.11 Å². The molecule has 8 heteroatoms. The van der Waals surface area contributed by atoms with Gasteiger partial charge in [-0.15, -0.1) is 5.10 Å². The first-order chi connectivity index (χ1) is 8.49. The van der Waals surface area contributed by atoms with Crippen molar-refractivity contribution in [3.63, 3.8) is 0 Å². The molecule has 0 atom stereocenters. The van der Waals surface area contributed by atoms with Gasteiger partial charge in [0.15, 0.2) is 5.82 Å². The highest BCUT2D eigenvalue weighted by Gasteiger charge is 2.17. The van der Waals surface area contributed by atoms with Crippen LogP contribution in [0.5, 0.6) is 0 Å². The van der Waals surface area contributed by atoms with Gasteiger partial charge in [-0.1, -0.05) is 5.21 Å². The van der Waals surface area contributed by atoms with Crippen molar-refractivity contribution in [1.82, 2.24) is 15.0 Å². The number of carboxylic acid groups (broad SMARTS) is 1. The second-order valence-electron chi connectivity index (χ2n) is 3.43. The SMILES string of the molecule is O=C(O)Cc1cnnn1-c1c(F)cc(F)cc1Br. The van der Waals surface area contributed by atoms with Gasteiger partial charge in [0.25, 0.3) is 0 Å². The van der Waals surface area contributed by atoms with Crippen LogP contribution in [0.15, 0.2) is 22.8 Å². The summed E-state index contributed by atoms with van der Waals surface area (Å²) >= 11 is 3.00. The summed E-state index contributed by atoms with van der Waals surface area (Å²) in [6, 6.07) is 1.75. The molecule has 0 saturated heterocycles. The quantitative estimate of drug-likeness (QED) is 0.939. The monoisotopic (exact) mass is 317 g/mol. The van der Waals surface area contributed by atoms with E-state index in [1.165, 1.54) is 6.20 Å². The lowest BCUT2D eigenvalue weighted by Crippen LogP contribution is -2.10. The smallest absolute Gasteiger partial charge is 0.309 e. The average Bonchev–Trinajstić information content (AvgIpc) is 2.63. The van der Waals surface area contributed by atoms with Crippen LogP contribution in [0.2, 0.25) is 0 Å². The van der Waals surface area contributed by atoms with E-state index in [0.717, 1.165) is 10.7 Å². The van der Waals surface area contributed by atoms with Gasteiger partial charge in [-0.2, -0.15) is 0 Å². The van der Waals surface area contributed by atoms with Gasteiger partial charge in [-0.05, 0) is 22.0 Å². The summed E-state index contributed by atoms with van der Waals surface area (Å²) in [6.07, 6.45) is 0.847. The van der Waals surface area contributed by atoms with E-state index < -0.39 is 17.6 Å². The van der Waals surface area contributed by atoms with Crippen molar-refractivity contribution in [3.05, 3.63) is 40.1 Å². The molecule has 0 aliphatic carbocycles. The zero-order chi connectivity index (χ0) is 13.3. The van der Waals surface area contributed by atoms with Crippen LogP contribution in [0.3, 0.4) is 0 Å². The fraction of sp³-hybridized carbons (Fsp3) is 0.100. The number of carbonyl (C=O) groups is 1. The highest BCUT2D eigenvalue weighted by molar-refractivity contribution is 9.10. The molecule has 0 amide bonds. The lowest BCUT2D eigenvalue weighted by Gasteiger charge is -2.08. The standard InChI is InChI=1S/C10H6BrF2N3O2/c11-7-1-5(12)2-8(13)10(7)16-6(3-9(17)18)4-14-15-16/h1-2,4H,3H2,(H,17,18). The lowest BCUT2D eigenvalue weighted by molar-refractivity contribution is -0.136. The van der Waals surface area contributed by atoms with Crippen molar-refractivity contribution in [2.24, 2.45) is 0 Å². The van der Waals surface area contributed by atoms with Crippen LogP contribution in [0, 0.1) is 11.6 Å². The van der Waals surface area contributed by atoms with Gasteiger partial charge in [0.05, 0.1) is 18.3 Å². The fourth-order valence-electron chi connectivity index (χ4n) is 1.46. The summed E-state index contributed by atoms with van der Waals surface area (Å²) in [5.74, 6) is -2.71. The van der Waals surface area contributed by atoms with E-state index in [9.17, 15) is 13.6 Å². The summed E-state index contributed by atoms with van der Waals surface area (Å²) in [7, 11) is 0. The predicted octanol–water partition coefficient (Wildman–Crippen LogP) is 1.94. The number of rotatable bonds is 3. The minimum absolute atomic E-state index is 0.0786. The molecule has 0 saturated carbocycles. The molecule has 0 spiro atoms. The molecule has 0 bridgehead atoms. The largest absolute Gasteiger partial charge is 0.481 e. The summed E-state index contributed by atoms with van der Waals surface area (Å²) in [6.45, 7) is 0. The Morgan fingerprint density at radius 1 is 1.44 bits per heavy atom. The zero-order valence-electron chi connectivity index (χ0n) is 8.77. The molecule has 1 aromatic heterocycles. The number of nitrogens with zero attached hydrogens (tertiary/aromatic N) is 3. The van der Waals surface area contributed by atoms with Crippen molar-refractivity contribution in [3.8, 4) is 5.69 Å². The van der Waals surface area contributed by atoms with Crippen molar-refractivity contribution < 1.29 is 18.7 Å². The first-order valence-corrected chi connectivity index (χ1v) is 5.54. The summed E-state index contributed by atoms with van der Waals surface area (Å²) in [5.41, 5.74) is 0.110. The second-order valence-corrected chi connectivity index (χ2v) is 4.28. The van der Waals surface area contributed by atoms with E-state index >= 15 is 0 Å². The van der Waals surface area contributed by atoms with Crippen molar-refractivity contribution in [2.45, 2.75) is 6.42 Å². The highest BCUT2D eigenvalue weighted by atomic mass is 79.9. The Hall–Kier alpha value is -1.83. The normalized spacial score (nSPS) is 10.6. The third-order valence-electron chi connectivity index (χ3n) is 2.15. The lowest BCUT2D eigenvalue weighted by atomic mass is 10.2. The van der Waals surface area contributed by atoms with Crippen LogP contribution in [-0.4, -0.2) is 26.1 Å². The molecule has 2 aromatic rings. The number of benzene rings is 1. The summed E-state index contributed by atoms with van der Waals surface area (Å²) in [4.78, 5) is 10.6. The summed E-state index contributed by atoms with van der Waals surface area (Å²) < 4.78 is 27.8. The Balaban J connectivity index is 2.56. The van der Waals surface area contributed by atoms with Crippen molar-refractivity contribution in [1.29, 1.82) is 0 Å². The van der Waals surface area contributed by atoms with E-state index in [0.29, 0.717) is 6.07 Å². The Labute approximate surface area is 108 Å². The second kappa shape index (κ2) is 4.81. The molecule has 94 valence electrons. The van der Waals surface area contributed by atoms with Gasteiger partial charge in [-0.25, -0.2) is 13.5 Å². The first kappa shape index (κ1) is 12.6. The molecule has 2 rings (SSSR count). The van der Waals surface area contributed by atoms with E-state index in [1.54, 1.807) is 0 Å². The molecule has 1 heterocycles. The average molecular weight is 318 g/mol. The number of aromatic nitrogens is 3. The fourth-order valence-corrected chi connectivity index (χ4v) is 2.03. The Morgan fingerprint density at radius 2 is 2.17 bits per heavy atom. The molecule has 18 heavy (non-hydrogen) atoms. The minimum Gasteiger partial charge on any atom is -0.481 e. The molecular weight excluding hydrogens is 312 g/mol. The predicted molar refractivity (Wildman–Crippen MR) is 60.3 cm³/mol. The Morgan fingerprint density at radius 3 is 2.78 bits per heavy atom. The van der Waals surface area contributed by atoms with Crippen LogP contribution in [0.1, 0.15) is 5.69 Å². The van der Waals surface area contributed by atoms with E-state index in [1.807, 2.05) is 0 Å². The maximum atomic E-state index is 13.7. The van der Waals surface area contributed by atoms with Gasteiger partial charge in [0.1, 0.15) is 11.5 Å². The van der Waals surface area contributed by atoms with Crippen LogP contribution in [-0.2, 0) is 11.2 Å². The molecule has 0 aliphatic rings. The van der Waals surface area contributed by atoms with Gasteiger partial charge < -0.3 is 5.11 Å². The van der Waals surface area contributed by atoms with Crippen molar-refractivity contribution in [2.75, 3.05) is 0 Å². The third kappa shape index (κ3) is 2.37. The van der Waals surface area contributed by atoms with Crippen LogP contribution >= 0.6 is 15.9 Å². The summed E-state index contributed by atoms with van der Waals surface area (Å²) in [5, 5.41) is 15.8. The molecule has 5 nitrogen and oxygen atoms in total. The highest BCUT2D eigenvalue weighted by Crippen LogP contribution is 2.25. The van der Waals surface area contributed by atoms with Crippen LogP contribution in [0.4, 0.5) is 8.78 Å². The maximum absolute atomic E-state index is 13.7. The zero-order valence-corrected chi connectivity index (χ0v) is 10.4. The molecule has 0 fully saturated rings. The van der Waals surface area contributed by atoms with Gasteiger partial charge in [0, 0.05) is 10.5 Å². The molecule has 0 radical (unpaired) electrons. The minimum atomic E-state index is -1.10. The molecule has 0 aliphatic heterocycles. The number of hydrogen-bond donors (Lipinski definition) is 1. The number of halogens is 3. The maximum Gasteiger partial charge on any atom is 0.309 e. The molecule has 0 unspecified atom stereocenters. The van der Waals surface area contributed by atoms with E-state index in [-0.39, 0.29) is 22.3 Å². The topological polar surface area (TPSA) is 68.0 Å². The number of hydrogen-bond acceptors (Lipinski definition) is 3. The van der Waals surface area contributed by atoms with Gasteiger partial charge in [-0.3, -0.25) is 4.79 Å². The molecule has 1 N–H and O–H groups in total.